The average molecular weight is 349 g/mol. The van der Waals surface area contributed by atoms with Crippen LogP contribution in [-0.2, 0) is 9.53 Å². The highest BCUT2D eigenvalue weighted by Crippen LogP contribution is 2.21. The molecule has 2 aliphatic rings. The number of carbonyl (C=O) groups excluding carboxylic acids is 2. The maximum Gasteiger partial charge on any atom is 0.410 e. The maximum atomic E-state index is 12.4. The molecule has 2 fully saturated rings. The summed E-state index contributed by atoms with van der Waals surface area (Å²) in [5, 5.41) is 3.04. The van der Waals surface area contributed by atoms with Crippen molar-refractivity contribution >= 4 is 12.0 Å². The number of terminal acetylenes is 1. The van der Waals surface area contributed by atoms with Crippen molar-refractivity contribution in [3.63, 3.8) is 0 Å². The molecule has 6 heteroatoms. The number of likely N-dealkylation sites (tertiary alicyclic amines) is 2. The Bertz CT molecular complexity index is 513. The molecular formula is C19H31N3O3. The summed E-state index contributed by atoms with van der Waals surface area (Å²) in [4.78, 5) is 28.7. The summed E-state index contributed by atoms with van der Waals surface area (Å²) >= 11 is 0. The lowest BCUT2D eigenvalue weighted by Gasteiger charge is -2.31. The number of nitrogens with one attached hydrogen (secondary N) is 1. The highest BCUT2D eigenvalue weighted by Gasteiger charge is 2.33. The predicted octanol–water partition coefficient (Wildman–Crippen LogP) is 1.85. The van der Waals surface area contributed by atoms with Crippen molar-refractivity contribution < 1.29 is 14.3 Å². The Kier molecular flexibility index (Phi) is 6.71. The second-order valence-electron chi connectivity index (χ2n) is 7.97. The van der Waals surface area contributed by atoms with E-state index in [1.165, 1.54) is 0 Å². The molecule has 0 unspecified atom stereocenters. The van der Waals surface area contributed by atoms with Gasteiger partial charge in [0, 0.05) is 19.0 Å². The van der Waals surface area contributed by atoms with Crippen LogP contribution in [0, 0.1) is 18.3 Å². The summed E-state index contributed by atoms with van der Waals surface area (Å²) in [6.07, 6.45) is 8.58. The molecule has 1 N–H and O–H groups in total. The minimum atomic E-state index is -0.500. The Morgan fingerprint density at radius 3 is 2.48 bits per heavy atom. The summed E-state index contributed by atoms with van der Waals surface area (Å²) in [6.45, 7) is 9.19. The fraction of sp³-hybridized carbons (Fsp3) is 0.789. The highest BCUT2D eigenvalue weighted by atomic mass is 16.6. The first-order chi connectivity index (χ1) is 11.8. The molecule has 0 radical (unpaired) electrons. The third-order valence-corrected chi connectivity index (χ3v) is 4.79. The molecule has 0 aliphatic carbocycles. The van der Waals surface area contributed by atoms with Crippen molar-refractivity contribution in [2.45, 2.75) is 58.1 Å². The van der Waals surface area contributed by atoms with Gasteiger partial charge >= 0.3 is 6.09 Å². The Morgan fingerprint density at radius 1 is 1.20 bits per heavy atom. The smallest absolute Gasteiger partial charge is 0.410 e. The van der Waals surface area contributed by atoms with E-state index >= 15 is 0 Å². The summed E-state index contributed by atoms with van der Waals surface area (Å²) < 4.78 is 5.46. The van der Waals surface area contributed by atoms with E-state index in [1.807, 2.05) is 20.8 Å². The fourth-order valence-electron chi connectivity index (χ4n) is 3.45. The van der Waals surface area contributed by atoms with Crippen LogP contribution in [0.1, 0.15) is 46.5 Å². The van der Waals surface area contributed by atoms with Crippen molar-refractivity contribution in [2.24, 2.45) is 5.92 Å². The molecule has 6 nitrogen and oxygen atoms in total. The van der Waals surface area contributed by atoms with Crippen molar-refractivity contribution in [3.05, 3.63) is 0 Å². The predicted molar refractivity (Wildman–Crippen MR) is 97.0 cm³/mol. The number of nitrogens with zero attached hydrogens (tertiary/aromatic N) is 2. The first-order valence-electron chi connectivity index (χ1n) is 9.23. The van der Waals surface area contributed by atoms with Crippen LogP contribution >= 0.6 is 0 Å². The molecule has 25 heavy (non-hydrogen) atoms. The molecule has 2 aliphatic heterocycles. The van der Waals surface area contributed by atoms with Crippen LogP contribution in [0.15, 0.2) is 0 Å². The molecule has 0 aromatic heterocycles. The van der Waals surface area contributed by atoms with Crippen molar-refractivity contribution in [1.82, 2.24) is 15.1 Å². The minimum Gasteiger partial charge on any atom is -0.444 e. The van der Waals surface area contributed by atoms with Crippen LogP contribution in [0.3, 0.4) is 0 Å². The topological polar surface area (TPSA) is 61.9 Å². The molecule has 2 amide bonds. The van der Waals surface area contributed by atoms with Gasteiger partial charge in [0.1, 0.15) is 5.60 Å². The van der Waals surface area contributed by atoms with E-state index < -0.39 is 5.60 Å². The molecule has 0 bridgehead atoms. The van der Waals surface area contributed by atoms with Gasteiger partial charge in [0.2, 0.25) is 5.91 Å². The molecule has 2 heterocycles. The maximum absolute atomic E-state index is 12.4. The van der Waals surface area contributed by atoms with E-state index in [0.29, 0.717) is 19.6 Å². The largest absolute Gasteiger partial charge is 0.444 e. The van der Waals surface area contributed by atoms with Crippen LogP contribution in [0.5, 0.6) is 0 Å². The molecule has 0 aromatic carbocycles. The van der Waals surface area contributed by atoms with Crippen LogP contribution in [-0.4, -0.2) is 66.2 Å². The summed E-state index contributed by atoms with van der Waals surface area (Å²) in [5.41, 5.74) is -0.500. The standard InChI is InChI=1S/C19H31N3O3/c1-5-10-21-12-8-15(9-13-21)17(23)20-14-16-7-6-11-22(16)18(24)25-19(2,3)4/h1,15-16H,6-14H2,2-4H3,(H,20,23)/t16-/m0/s1. The zero-order valence-corrected chi connectivity index (χ0v) is 15.7. The second-order valence-corrected chi connectivity index (χ2v) is 7.97. The number of carbonyl (C=O) groups is 2. The average Bonchev–Trinajstić information content (AvgIpc) is 3.01. The van der Waals surface area contributed by atoms with Crippen molar-refractivity contribution in [3.8, 4) is 12.3 Å². The van der Waals surface area contributed by atoms with Gasteiger partial charge in [0.15, 0.2) is 0 Å². The van der Waals surface area contributed by atoms with E-state index in [4.69, 9.17) is 11.2 Å². The van der Waals surface area contributed by atoms with Gasteiger partial charge in [-0.2, -0.15) is 0 Å². The monoisotopic (exact) mass is 349 g/mol. The van der Waals surface area contributed by atoms with Gasteiger partial charge < -0.3 is 15.0 Å². The first-order valence-corrected chi connectivity index (χ1v) is 9.23. The van der Waals surface area contributed by atoms with Crippen LogP contribution in [0.4, 0.5) is 4.79 Å². The van der Waals surface area contributed by atoms with Crippen LogP contribution in [0.25, 0.3) is 0 Å². The van der Waals surface area contributed by atoms with Crippen LogP contribution < -0.4 is 5.32 Å². The van der Waals surface area contributed by atoms with Gasteiger partial charge in [-0.15, -0.1) is 6.42 Å². The van der Waals surface area contributed by atoms with Gasteiger partial charge in [-0.3, -0.25) is 9.69 Å². The lowest BCUT2D eigenvalue weighted by Crippen LogP contribution is -2.47. The fourth-order valence-corrected chi connectivity index (χ4v) is 3.45. The number of piperidine rings is 1. The molecule has 1 atom stereocenters. The van der Waals surface area contributed by atoms with E-state index in [2.05, 4.69) is 16.1 Å². The summed E-state index contributed by atoms with van der Waals surface area (Å²) in [5.74, 6) is 2.79. The van der Waals surface area contributed by atoms with Gasteiger partial charge in [0.25, 0.3) is 0 Å². The first kappa shape index (κ1) is 19.6. The SMILES string of the molecule is C#CCN1CCC(C(=O)NC[C@@H]2CCCN2C(=O)OC(C)(C)C)CC1. The summed E-state index contributed by atoms with van der Waals surface area (Å²) in [6, 6.07) is 0.0281. The Morgan fingerprint density at radius 2 is 1.88 bits per heavy atom. The third kappa shape index (κ3) is 5.93. The minimum absolute atomic E-state index is 0.0281. The molecule has 2 saturated heterocycles. The van der Waals surface area contributed by atoms with Crippen molar-refractivity contribution in [1.29, 1.82) is 0 Å². The normalized spacial score (nSPS) is 22.5. The summed E-state index contributed by atoms with van der Waals surface area (Å²) in [7, 11) is 0. The van der Waals surface area contributed by atoms with E-state index in [9.17, 15) is 9.59 Å². The highest BCUT2D eigenvalue weighted by molar-refractivity contribution is 5.79. The third-order valence-electron chi connectivity index (χ3n) is 4.79. The van der Waals surface area contributed by atoms with Gasteiger partial charge in [0.05, 0.1) is 12.6 Å². The van der Waals surface area contributed by atoms with Gasteiger partial charge in [-0.1, -0.05) is 5.92 Å². The van der Waals surface area contributed by atoms with Gasteiger partial charge in [-0.05, 0) is 59.5 Å². The van der Waals surface area contributed by atoms with Gasteiger partial charge in [-0.25, -0.2) is 4.79 Å². The molecule has 0 saturated carbocycles. The van der Waals surface area contributed by atoms with Crippen molar-refractivity contribution in [2.75, 3.05) is 32.7 Å². The number of ether oxygens (including phenoxy) is 1. The lowest BCUT2D eigenvalue weighted by molar-refractivity contribution is -0.126. The molecule has 0 aromatic rings. The Hall–Kier alpha value is -1.74. The zero-order valence-electron chi connectivity index (χ0n) is 15.7. The lowest BCUT2D eigenvalue weighted by atomic mass is 9.96. The quantitative estimate of drug-likeness (QED) is 0.787. The van der Waals surface area contributed by atoms with E-state index in [0.717, 1.165) is 38.8 Å². The Labute approximate surface area is 151 Å². The molecular weight excluding hydrogens is 318 g/mol. The Balaban J connectivity index is 1.77. The second kappa shape index (κ2) is 8.57. The molecule has 2 rings (SSSR count). The number of amides is 2. The van der Waals surface area contributed by atoms with E-state index in [1.54, 1.807) is 4.90 Å². The number of hydrogen-bond donors (Lipinski definition) is 1. The number of rotatable bonds is 4. The van der Waals surface area contributed by atoms with E-state index in [-0.39, 0.29) is 24.0 Å². The molecule has 140 valence electrons. The zero-order chi connectivity index (χ0) is 18.4. The number of hydrogen-bond acceptors (Lipinski definition) is 4. The molecule has 0 spiro atoms. The van der Waals surface area contributed by atoms with Crippen LogP contribution in [0.2, 0.25) is 0 Å².